The van der Waals surface area contributed by atoms with Gasteiger partial charge in [-0.25, -0.2) is 17.2 Å². The molecule has 0 heterocycles. The molecule has 0 amide bonds. The molecule has 0 saturated carbocycles. The molecule has 0 aliphatic carbocycles. The molecule has 1 aromatic rings. The average molecular weight is 264 g/mol. The summed E-state index contributed by atoms with van der Waals surface area (Å²) in [6.07, 6.45) is 1.00. The van der Waals surface area contributed by atoms with Crippen LogP contribution in [0.2, 0.25) is 0 Å². The molecule has 0 fully saturated rings. The van der Waals surface area contributed by atoms with Crippen molar-refractivity contribution < 1.29 is 22.5 Å². The van der Waals surface area contributed by atoms with Gasteiger partial charge in [-0.3, -0.25) is 0 Å². The van der Waals surface area contributed by atoms with Crippen LogP contribution in [-0.4, -0.2) is 27.8 Å². The van der Waals surface area contributed by atoms with E-state index in [1.807, 2.05) is 0 Å². The molecule has 0 aromatic heterocycles. The molecule has 0 radical (unpaired) electrons. The van der Waals surface area contributed by atoms with Gasteiger partial charge in [0.25, 0.3) is 0 Å². The van der Waals surface area contributed by atoms with Gasteiger partial charge < -0.3 is 10.0 Å². The van der Waals surface area contributed by atoms with Crippen LogP contribution in [-0.2, 0) is 16.6 Å². The Morgan fingerprint density at radius 3 is 2.41 bits per heavy atom. The van der Waals surface area contributed by atoms with Gasteiger partial charge in [0.1, 0.15) is 18.2 Å². The van der Waals surface area contributed by atoms with Crippen LogP contribution in [0.1, 0.15) is 5.56 Å². The van der Waals surface area contributed by atoms with E-state index >= 15 is 0 Å². The number of nitrogens with zero attached hydrogens (tertiary/aromatic N) is 1. The fraction of sp³-hybridized carbons (Fsp3) is 0.400. The summed E-state index contributed by atoms with van der Waals surface area (Å²) in [5.74, 6) is -1.19. The molecule has 0 aliphatic heterocycles. The van der Waals surface area contributed by atoms with Crippen LogP contribution in [0, 0.1) is 11.6 Å². The Kier molecular flexibility index (Phi) is 4.98. The van der Waals surface area contributed by atoms with Crippen LogP contribution in [0.4, 0.5) is 8.78 Å². The third-order valence-corrected chi connectivity index (χ3v) is 2.72. The van der Waals surface area contributed by atoms with Gasteiger partial charge in [0, 0.05) is 6.26 Å². The number of rotatable bonds is 6. The van der Waals surface area contributed by atoms with Crippen molar-refractivity contribution in [3.8, 4) is 0 Å². The molecule has 1 aromatic carbocycles. The number of halogens is 2. The zero-order chi connectivity index (χ0) is 12.9. The molecule has 17 heavy (non-hydrogen) atoms. The quantitative estimate of drug-likeness (QED) is 0.754. The molecule has 7 heteroatoms. The highest BCUT2D eigenvalue weighted by Crippen LogP contribution is 2.09. The van der Waals surface area contributed by atoms with E-state index in [1.165, 1.54) is 18.2 Å². The zero-order valence-corrected chi connectivity index (χ0v) is 10.2. The van der Waals surface area contributed by atoms with E-state index in [4.69, 9.17) is 0 Å². The minimum atomic E-state index is -3.33. The number of nitrogens with two attached hydrogens (primary N) is 1. The van der Waals surface area contributed by atoms with Crippen molar-refractivity contribution in [1.29, 1.82) is 0 Å². The van der Waals surface area contributed by atoms with Crippen LogP contribution in [0.3, 0.4) is 0 Å². The maximum atomic E-state index is 13.2. The van der Waals surface area contributed by atoms with Gasteiger partial charge in [0.15, 0.2) is 0 Å². The molecule has 0 bridgehead atoms. The molecular formula is C10H14F2N2O2S. The van der Waals surface area contributed by atoms with Crippen molar-refractivity contribution in [2.45, 2.75) is 6.54 Å². The Balaban J connectivity index is 2.37. The SMILES string of the molecule is CS(=O)(=O)[N-]CC[NH2+]Cc1c(F)cccc1F. The number of benzene rings is 1. The Labute approximate surface area is 99.1 Å². The minimum Gasteiger partial charge on any atom is -0.545 e. The van der Waals surface area contributed by atoms with E-state index in [9.17, 15) is 17.2 Å². The number of hydrogen-bond acceptors (Lipinski definition) is 2. The minimum absolute atomic E-state index is 0.00754. The van der Waals surface area contributed by atoms with Crippen molar-refractivity contribution in [3.63, 3.8) is 0 Å². The van der Waals surface area contributed by atoms with Gasteiger partial charge in [-0.05, 0) is 12.1 Å². The highest BCUT2D eigenvalue weighted by atomic mass is 32.2. The Bertz CT molecular complexity index is 457. The van der Waals surface area contributed by atoms with Crippen LogP contribution < -0.4 is 5.32 Å². The number of quaternary nitrogens is 1. The molecule has 0 aliphatic rings. The van der Waals surface area contributed by atoms with Crippen molar-refractivity contribution in [3.05, 3.63) is 40.1 Å². The highest BCUT2D eigenvalue weighted by Gasteiger charge is 2.08. The maximum absolute atomic E-state index is 13.2. The summed E-state index contributed by atoms with van der Waals surface area (Å²) >= 11 is 0. The normalized spacial score (nSPS) is 11.7. The molecular weight excluding hydrogens is 250 g/mol. The monoisotopic (exact) mass is 264 g/mol. The van der Waals surface area contributed by atoms with Crippen molar-refractivity contribution in [2.75, 3.05) is 19.3 Å². The molecule has 0 spiro atoms. The molecule has 0 unspecified atom stereocenters. The summed E-state index contributed by atoms with van der Waals surface area (Å²) in [6, 6.07) is 3.67. The van der Waals surface area contributed by atoms with Gasteiger partial charge in [0.05, 0.1) is 22.1 Å². The third kappa shape index (κ3) is 5.20. The number of hydrogen-bond donors (Lipinski definition) is 1. The fourth-order valence-corrected chi connectivity index (χ4v) is 1.72. The Morgan fingerprint density at radius 2 is 1.88 bits per heavy atom. The van der Waals surface area contributed by atoms with E-state index in [-0.39, 0.29) is 18.7 Å². The van der Waals surface area contributed by atoms with E-state index in [0.29, 0.717) is 6.54 Å². The van der Waals surface area contributed by atoms with Crippen LogP contribution in [0.25, 0.3) is 4.72 Å². The Morgan fingerprint density at radius 1 is 1.29 bits per heavy atom. The second kappa shape index (κ2) is 6.04. The second-order valence-corrected chi connectivity index (χ2v) is 5.29. The van der Waals surface area contributed by atoms with Crippen molar-refractivity contribution in [2.24, 2.45) is 0 Å². The van der Waals surface area contributed by atoms with Gasteiger partial charge in [-0.15, -0.1) is 0 Å². The topological polar surface area (TPSA) is 64.8 Å². The molecule has 1 rings (SSSR count). The van der Waals surface area contributed by atoms with E-state index in [1.54, 1.807) is 5.32 Å². The van der Waals surface area contributed by atoms with Gasteiger partial charge in [-0.2, -0.15) is 0 Å². The maximum Gasteiger partial charge on any atom is 0.135 e. The molecule has 0 saturated heterocycles. The second-order valence-electron chi connectivity index (χ2n) is 3.57. The van der Waals surface area contributed by atoms with Crippen LogP contribution in [0.5, 0.6) is 0 Å². The lowest BCUT2D eigenvalue weighted by Crippen LogP contribution is -2.83. The first-order valence-electron chi connectivity index (χ1n) is 5.03. The lowest BCUT2D eigenvalue weighted by atomic mass is 10.2. The summed E-state index contributed by atoms with van der Waals surface area (Å²) in [7, 11) is -3.33. The molecule has 0 atom stereocenters. The first-order chi connectivity index (χ1) is 7.90. The standard InChI is InChI=1S/C10H13F2N2O2S/c1-17(15,16)14-6-5-13-7-8-9(11)3-2-4-10(8)12/h2-4,13H,5-7H2,1H3/q-1/p+1. The summed E-state index contributed by atoms with van der Waals surface area (Å²) < 4.78 is 51.1. The van der Waals surface area contributed by atoms with Gasteiger partial charge in [0.2, 0.25) is 0 Å². The predicted octanol–water partition coefficient (Wildman–Crippen LogP) is 0.362. The summed E-state index contributed by atoms with van der Waals surface area (Å²) in [4.78, 5) is 0. The lowest BCUT2D eigenvalue weighted by Gasteiger charge is -2.14. The van der Waals surface area contributed by atoms with Gasteiger partial charge >= 0.3 is 0 Å². The largest absolute Gasteiger partial charge is 0.545 e. The predicted molar refractivity (Wildman–Crippen MR) is 59.9 cm³/mol. The Hall–Kier alpha value is -1.05. The van der Waals surface area contributed by atoms with E-state index in [2.05, 4.69) is 4.72 Å². The summed E-state index contributed by atoms with van der Waals surface area (Å²) in [5, 5.41) is 1.61. The van der Waals surface area contributed by atoms with Crippen LogP contribution in [0.15, 0.2) is 18.2 Å². The smallest absolute Gasteiger partial charge is 0.135 e. The third-order valence-electron chi connectivity index (χ3n) is 2.07. The van der Waals surface area contributed by atoms with Crippen molar-refractivity contribution in [1.82, 2.24) is 0 Å². The molecule has 2 N–H and O–H groups in total. The van der Waals surface area contributed by atoms with Crippen LogP contribution >= 0.6 is 0 Å². The average Bonchev–Trinajstić information content (AvgIpc) is 2.20. The molecule has 4 nitrogen and oxygen atoms in total. The van der Waals surface area contributed by atoms with Crippen molar-refractivity contribution >= 4 is 10.0 Å². The number of sulfonamides is 1. The fourth-order valence-electron chi connectivity index (χ4n) is 1.28. The van der Waals surface area contributed by atoms with Gasteiger partial charge in [-0.1, -0.05) is 12.6 Å². The first-order valence-corrected chi connectivity index (χ1v) is 6.88. The molecule has 96 valence electrons. The summed E-state index contributed by atoms with van der Waals surface area (Å²) in [5.41, 5.74) is -0.00754. The summed E-state index contributed by atoms with van der Waals surface area (Å²) in [6.45, 7) is 0.591. The lowest BCUT2D eigenvalue weighted by molar-refractivity contribution is -0.668. The zero-order valence-electron chi connectivity index (χ0n) is 9.36. The first kappa shape index (κ1) is 14.0. The van der Waals surface area contributed by atoms with E-state index in [0.717, 1.165) is 6.26 Å². The van der Waals surface area contributed by atoms with E-state index < -0.39 is 21.7 Å². The highest BCUT2D eigenvalue weighted by molar-refractivity contribution is 7.93.